The van der Waals surface area contributed by atoms with Crippen molar-refractivity contribution in [2.75, 3.05) is 0 Å². The van der Waals surface area contributed by atoms with Gasteiger partial charge in [0.05, 0.1) is 12.7 Å². The Morgan fingerprint density at radius 1 is 1.57 bits per heavy atom. The first kappa shape index (κ1) is 8.49. The van der Waals surface area contributed by atoms with Crippen molar-refractivity contribution in [2.45, 2.75) is 6.54 Å². The summed E-state index contributed by atoms with van der Waals surface area (Å²) in [5.74, 6) is -0.242. The largest absolute Gasteiger partial charge is 0.364 e. The molecule has 3 N–H and O–H groups in total. The number of rotatable bonds is 3. The maximum atomic E-state index is 11.4. The molecule has 2 aromatic rings. The van der Waals surface area contributed by atoms with E-state index in [1.165, 1.54) is 6.20 Å². The molecular formula is C8H9N5O. The highest BCUT2D eigenvalue weighted by atomic mass is 16.1. The monoisotopic (exact) mass is 191 g/mol. The van der Waals surface area contributed by atoms with Crippen LogP contribution < -0.4 is 5.32 Å². The van der Waals surface area contributed by atoms with E-state index in [1.54, 1.807) is 6.20 Å². The molecule has 2 rings (SSSR count). The van der Waals surface area contributed by atoms with Crippen LogP contribution in [0, 0.1) is 0 Å². The Morgan fingerprint density at radius 2 is 2.50 bits per heavy atom. The minimum absolute atomic E-state index is 0.242. The van der Waals surface area contributed by atoms with Gasteiger partial charge in [-0.25, -0.2) is 0 Å². The Bertz CT molecular complexity index is 391. The molecule has 6 heteroatoms. The van der Waals surface area contributed by atoms with Crippen LogP contribution in [0.1, 0.15) is 16.2 Å². The Balaban J connectivity index is 1.90. The van der Waals surface area contributed by atoms with Gasteiger partial charge in [0.1, 0.15) is 0 Å². The average Bonchev–Trinajstić information content (AvgIpc) is 2.87. The summed E-state index contributed by atoms with van der Waals surface area (Å²) in [6.07, 6.45) is 3.18. The summed E-state index contributed by atoms with van der Waals surface area (Å²) in [5.41, 5.74) is 1.23. The molecule has 0 fully saturated rings. The van der Waals surface area contributed by atoms with E-state index < -0.39 is 0 Å². The number of carbonyl (C=O) groups excluding carboxylic acids is 1. The molecule has 1 amide bonds. The number of aromatic nitrogens is 4. The Hall–Kier alpha value is -2.11. The lowest BCUT2D eigenvalue weighted by atomic mass is 10.4. The first-order chi connectivity index (χ1) is 6.86. The Morgan fingerprint density at radius 3 is 3.14 bits per heavy atom. The van der Waals surface area contributed by atoms with Gasteiger partial charge in [-0.15, -0.1) is 0 Å². The standard InChI is InChI=1S/C8H9N5O/c14-8(7-5-11-13-12-7)10-4-6-2-1-3-9-6/h1-3,5,9H,4H2,(H,10,14)(H,11,12,13). The molecule has 2 aromatic heterocycles. The zero-order valence-corrected chi connectivity index (χ0v) is 7.32. The van der Waals surface area contributed by atoms with Crippen LogP contribution in [0.25, 0.3) is 0 Å². The van der Waals surface area contributed by atoms with Crippen LogP contribution >= 0.6 is 0 Å². The van der Waals surface area contributed by atoms with E-state index in [0.29, 0.717) is 6.54 Å². The summed E-state index contributed by atoms with van der Waals surface area (Å²) >= 11 is 0. The molecule has 0 saturated heterocycles. The van der Waals surface area contributed by atoms with Crippen LogP contribution in [-0.2, 0) is 6.54 Å². The summed E-state index contributed by atoms with van der Waals surface area (Å²) in [7, 11) is 0. The molecule has 0 atom stereocenters. The van der Waals surface area contributed by atoms with Gasteiger partial charge in [-0.1, -0.05) is 0 Å². The first-order valence-electron chi connectivity index (χ1n) is 4.12. The van der Waals surface area contributed by atoms with E-state index in [2.05, 4.69) is 25.7 Å². The summed E-state index contributed by atoms with van der Waals surface area (Å²) in [6, 6.07) is 3.76. The van der Waals surface area contributed by atoms with Gasteiger partial charge in [0, 0.05) is 11.9 Å². The molecule has 0 radical (unpaired) electrons. The highest BCUT2D eigenvalue weighted by molar-refractivity contribution is 5.91. The van der Waals surface area contributed by atoms with Gasteiger partial charge >= 0.3 is 0 Å². The smallest absolute Gasteiger partial charge is 0.273 e. The molecule has 0 aliphatic carbocycles. The van der Waals surface area contributed by atoms with Crippen molar-refractivity contribution in [2.24, 2.45) is 0 Å². The fourth-order valence-electron chi connectivity index (χ4n) is 1.05. The van der Waals surface area contributed by atoms with Crippen LogP contribution in [0.3, 0.4) is 0 Å². The SMILES string of the molecule is O=C(NCc1ccc[nH]1)c1cn[nH]n1. The lowest BCUT2D eigenvalue weighted by molar-refractivity contribution is 0.0945. The molecule has 0 unspecified atom stereocenters. The number of nitrogens with zero attached hydrogens (tertiary/aromatic N) is 2. The predicted octanol–water partition coefficient (Wildman–Crippen LogP) is 0.0628. The highest BCUT2D eigenvalue weighted by Gasteiger charge is 2.07. The van der Waals surface area contributed by atoms with Gasteiger partial charge in [-0.3, -0.25) is 4.79 Å². The van der Waals surface area contributed by atoms with E-state index in [0.717, 1.165) is 5.69 Å². The maximum Gasteiger partial charge on any atom is 0.273 e. The normalized spacial score (nSPS) is 10.0. The van der Waals surface area contributed by atoms with Gasteiger partial charge in [-0.05, 0) is 12.1 Å². The van der Waals surface area contributed by atoms with Gasteiger partial charge in [0.2, 0.25) is 0 Å². The Kier molecular flexibility index (Phi) is 2.26. The molecule has 0 aliphatic heterocycles. The summed E-state index contributed by atoms with van der Waals surface area (Å²) < 4.78 is 0. The van der Waals surface area contributed by atoms with Gasteiger partial charge in [0.25, 0.3) is 5.91 Å². The molecule has 0 aromatic carbocycles. The molecular weight excluding hydrogens is 182 g/mol. The molecule has 2 heterocycles. The van der Waals surface area contributed by atoms with Crippen molar-refractivity contribution in [3.8, 4) is 0 Å². The van der Waals surface area contributed by atoms with Crippen LogP contribution in [0.2, 0.25) is 0 Å². The van der Waals surface area contributed by atoms with Crippen molar-refractivity contribution < 1.29 is 4.79 Å². The molecule has 0 saturated carbocycles. The summed E-state index contributed by atoms with van der Waals surface area (Å²) in [6.45, 7) is 0.457. The fraction of sp³-hybridized carbons (Fsp3) is 0.125. The minimum Gasteiger partial charge on any atom is -0.364 e. The highest BCUT2D eigenvalue weighted by Crippen LogP contribution is 1.94. The third kappa shape index (κ3) is 1.79. The van der Waals surface area contributed by atoms with E-state index >= 15 is 0 Å². The zero-order valence-electron chi connectivity index (χ0n) is 7.32. The molecule has 0 spiro atoms. The second-order valence-electron chi connectivity index (χ2n) is 2.73. The van der Waals surface area contributed by atoms with Gasteiger partial charge < -0.3 is 10.3 Å². The number of hydrogen-bond donors (Lipinski definition) is 3. The number of hydrogen-bond acceptors (Lipinski definition) is 3. The molecule has 14 heavy (non-hydrogen) atoms. The lowest BCUT2D eigenvalue weighted by Crippen LogP contribution is -2.23. The van der Waals surface area contributed by atoms with Crippen molar-refractivity contribution in [3.63, 3.8) is 0 Å². The van der Waals surface area contributed by atoms with E-state index in [1.807, 2.05) is 12.1 Å². The zero-order chi connectivity index (χ0) is 9.80. The van der Waals surface area contributed by atoms with Gasteiger partial charge in [0.15, 0.2) is 5.69 Å². The minimum atomic E-state index is -0.242. The summed E-state index contributed by atoms with van der Waals surface area (Å²) in [5, 5.41) is 12.3. The number of H-pyrrole nitrogens is 2. The van der Waals surface area contributed by atoms with Crippen LogP contribution in [0.5, 0.6) is 0 Å². The number of nitrogens with one attached hydrogen (secondary N) is 3. The topological polar surface area (TPSA) is 86.5 Å². The lowest BCUT2D eigenvalue weighted by Gasteiger charge is -1.99. The molecule has 72 valence electrons. The first-order valence-corrected chi connectivity index (χ1v) is 4.12. The third-order valence-electron chi connectivity index (χ3n) is 1.75. The number of amides is 1. The van der Waals surface area contributed by atoms with Crippen molar-refractivity contribution in [1.29, 1.82) is 0 Å². The second-order valence-corrected chi connectivity index (χ2v) is 2.73. The molecule has 0 bridgehead atoms. The fourth-order valence-corrected chi connectivity index (χ4v) is 1.05. The Labute approximate surface area is 79.7 Å². The van der Waals surface area contributed by atoms with Crippen molar-refractivity contribution >= 4 is 5.91 Å². The van der Waals surface area contributed by atoms with Crippen molar-refractivity contribution in [3.05, 3.63) is 35.9 Å². The quantitative estimate of drug-likeness (QED) is 0.641. The molecule has 6 nitrogen and oxygen atoms in total. The molecule has 0 aliphatic rings. The van der Waals surface area contributed by atoms with Gasteiger partial charge in [-0.2, -0.15) is 15.4 Å². The average molecular weight is 191 g/mol. The third-order valence-corrected chi connectivity index (χ3v) is 1.75. The van der Waals surface area contributed by atoms with E-state index in [-0.39, 0.29) is 11.6 Å². The second kappa shape index (κ2) is 3.73. The van der Waals surface area contributed by atoms with E-state index in [9.17, 15) is 4.79 Å². The predicted molar refractivity (Wildman–Crippen MR) is 48.3 cm³/mol. The van der Waals surface area contributed by atoms with Crippen LogP contribution in [-0.4, -0.2) is 26.3 Å². The van der Waals surface area contributed by atoms with E-state index in [4.69, 9.17) is 0 Å². The summed E-state index contributed by atoms with van der Waals surface area (Å²) in [4.78, 5) is 14.3. The number of carbonyl (C=O) groups is 1. The number of aromatic amines is 2. The van der Waals surface area contributed by atoms with Crippen molar-refractivity contribution in [1.82, 2.24) is 25.7 Å². The maximum absolute atomic E-state index is 11.4. The van der Waals surface area contributed by atoms with Crippen LogP contribution in [0.4, 0.5) is 0 Å². The van der Waals surface area contributed by atoms with Crippen LogP contribution in [0.15, 0.2) is 24.5 Å².